The molecular formula is C18H17ClF2N6OS. The highest BCUT2D eigenvalue weighted by atomic mass is 35.5. The van der Waals surface area contributed by atoms with Crippen LogP contribution in [0.15, 0.2) is 0 Å². The number of rotatable bonds is 7. The SMILES string of the molecule is Cc1nc(OCC(F)F)sc1CN1CCc2c(NCC#N)nc(Cl)c(C#N)c2C1. The summed E-state index contributed by atoms with van der Waals surface area (Å²) in [6.45, 7) is 2.95. The summed E-state index contributed by atoms with van der Waals surface area (Å²) >= 11 is 7.43. The molecule has 0 atom stereocenters. The van der Waals surface area contributed by atoms with Crippen LogP contribution in [0, 0.1) is 29.6 Å². The summed E-state index contributed by atoms with van der Waals surface area (Å²) in [5.74, 6) is 0.529. The van der Waals surface area contributed by atoms with E-state index in [4.69, 9.17) is 21.6 Å². The smallest absolute Gasteiger partial charge is 0.273 e. The molecule has 2 aromatic heterocycles. The van der Waals surface area contributed by atoms with Gasteiger partial charge in [0.1, 0.15) is 23.6 Å². The molecule has 29 heavy (non-hydrogen) atoms. The van der Waals surface area contributed by atoms with Crippen LogP contribution in [0.25, 0.3) is 0 Å². The van der Waals surface area contributed by atoms with Gasteiger partial charge in [-0.2, -0.15) is 10.5 Å². The van der Waals surface area contributed by atoms with Gasteiger partial charge in [0.05, 0.1) is 17.3 Å². The van der Waals surface area contributed by atoms with Gasteiger partial charge >= 0.3 is 0 Å². The Morgan fingerprint density at radius 2 is 2.14 bits per heavy atom. The van der Waals surface area contributed by atoms with Gasteiger partial charge in [-0.1, -0.05) is 22.9 Å². The lowest BCUT2D eigenvalue weighted by molar-refractivity contribution is 0.0817. The van der Waals surface area contributed by atoms with Crippen molar-refractivity contribution in [2.24, 2.45) is 0 Å². The maximum absolute atomic E-state index is 12.3. The van der Waals surface area contributed by atoms with Crippen LogP contribution in [0.4, 0.5) is 14.6 Å². The van der Waals surface area contributed by atoms with E-state index in [9.17, 15) is 14.0 Å². The van der Waals surface area contributed by atoms with Crippen molar-refractivity contribution in [3.05, 3.63) is 32.4 Å². The number of halogens is 3. The third-order valence-corrected chi connectivity index (χ3v) is 5.78. The van der Waals surface area contributed by atoms with Crippen molar-refractivity contribution in [1.82, 2.24) is 14.9 Å². The van der Waals surface area contributed by atoms with Gasteiger partial charge in [0.2, 0.25) is 0 Å². The van der Waals surface area contributed by atoms with Crippen LogP contribution in [-0.2, 0) is 19.5 Å². The molecule has 3 heterocycles. The fourth-order valence-electron chi connectivity index (χ4n) is 3.12. The van der Waals surface area contributed by atoms with Gasteiger partial charge in [-0.05, 0) is 18.9 Å². The molecule has 3 rings (SSSR count). The lowest BCUT2D eigenvalue weighted by Gasteiger charge is -2.30. The van der Waals surface area contributed by atoms with Crippen LogP contribution in [0.2, 0.25) is 5.15 Å². The maximum Gasteiger partial charge on any atom is 0.273 e. The molecule has 1 N–H and O–H groups in total. The van der Waals surface area contributed by atoms with Crippen molar-refractivity contribution in [2.45, 2.75) is 32.9 Å². The summed E-state index contributed by atoms with van der Waals surface area (Å²) in [4.78, 5) is 11.5. The van der Waals surface area contributed by atoms with Gasteiger partial charge in [-0.15, -0.1) is 0 Å². The summed E-state index contributed by atoms with van der Waals surface area (Å²) in [7, 11) is 0. The summed E-state index contributed by atoms with van der Waals surface area (Å²) in [5, 5.41) is 21.6. The summed E-state index contributed by atoms with van der Waals surface area (Å²) in [6, 6.07) is 4.12. The first-order valence-electron chi connectivity index (χ1n) is 8.74. The Balaban J connectivity index is 1.80. The van der Waals surface area contributed by atoms with Crippen LogP contribution < -0.4 is 10.1 Å². The lowest BCUT2D eigenvalue weighted by Crippen LogP contribution is -2.31. The number of ether oxygens (including phenoxy) is 1. The molecule has 0 saturated carbocycles. The molecule has 7 nitrogen and oxygen atoms in total. The fraction of sp³-hybridized carbons (Fsp3) is 0.444. The van der Waals surface area contributed by atoms with E-state index in [1.807, 2.05) is 13.0 Å². The summed E-state index contributed by atoms with van der Waals surface area (Å²) in [6.07, 6.45) is -1.91. The van der Waals surface area contributed by atoms with E-state index in [2.05, 4.69) is 26.3 Å². The number of fused-ring (bicyclic) bond motifs is 1. The first kappa shape index (κ1) is 21.2. The Morgan fingerprint density at radius 3 is 2.83 bits per heavy atom. The minimum atomic E-state index is -2.55. The largest absolute Gasteiger partial charge is 0.464 e. The molecule has 0 aromatic carbocycles. The zero-order valence-electron chi connectivity index (χ0n) is 15.5. The lowest BCUT2D eigenvalue weighted by atomic mass is 9.96. The minimum absolute atomic E-state index is 0.0901. The quantitative estimate of drug-likeness (QED) is 0.521. The highest BCUT2D eigenvalue weighted by Gasteiger charge is 2.26. The zero-order valence-corrected chi connectivity index (χ0v) is 17.1. The first-order valence-corrected chi connectivity index (χ1v) is 9.94. The second kappa shape index (κ2) is 9.31. The monoisotopic (exact) mass is 438 g/mol. The van der Waals surface area contributed by atoms with Crippen LogP contribution >= 0.6 is 22.9 Å². The van der Waals surface area contributed by atoms with E-state index in [-0.39, 0.29) is 16.9 Å². The molecular weight excluding hydrogens is 422 g/mol. The van der Waals surface area contributed by atoms with Gasteiger partial charge < -0.3 is 10.1 Å². The molecule has 1 aliphatic heterocycles. The Morgan fingerprint density at radius 1 is 1.34 bits per heavy atom. The normalized spacial score (nSPS) is 13.6. The van der Waals surface area contributed by atoms with Crippen molar-refractivity contribution in [1.29, 1.82) is 10.5 Å². The molecule has 2 aromatic rings. The van der Waals surface area contributed by atoms with E-state index in [1.165, 1.54) is 11.3 Å². The number of pyridine rings is 1. The zero-order chi connectivity index (χ0) is 21.0. The summed E-state index contributed by atoms with van der Waals surface area (Å²) < 4.78 is 29.7. The number of nitriles is 2. The molecule has 0 unspecified atom stereocenters. The third-order valence-electron chi connectivity index (χ3n) is 4.45. The van der Waals surface area contributed by atoms with E-state index >= 15 is 0 Å². The molecule has 0 aliphatic carbocycles. The number of anilines is 1. The van der Waals surface area contributed by atoms with Crippen molar-refractivity contribution in [2.75, 3.05) is 25.0 Å². The van der Waals surface area contributed by atoms with Crippen LogP contribution in [-0.4, -0.2) is 41.0 Å². The van der Waals surface area contributed by atoms with Gasteiger partial charge in [0.25, 0.3) is 11.6 Å². The molecule has 0 spiro atoms. The topological polar surface area (TPSA) is 97.9 Å². The molecule has 0 radical (unpaired) electrons. The van der Waals surface area contributed by atoms with Crippen LogP contribution in [0.1, 0.15) is 27.3 Å². The highest BCUT2D eigenvalue weighted by molar-refractivity contribution is 7.13. The predicted molar refractivity (Wildman–Crippen MR) is 104 cm³/mol. The Kier molecular flexibility index (Phi) is 6.80. The van der Waals surface area contributed by atoms with E-state index in [1.54, 1.807) is 0 Å². The average molecular weight is 439 g/mol. The molecule has 11 heteroatoms. The fourth-order valence-corrected chi connectivity index (χ4v) is 4.32. The third kappa shape index (κ3) is 4.91. The Bertz CT molecular complexity index is 984. The minimum Gasteiger partial charge on any atom is -0.464 e. The Labute approximate surface area is 175 Å². The second-order valence-electron chi connectivity index (χ2n) is 6.36. The predicted octanol–water partition coefficient (Wildman–Crippen LogP) is 3.51. The van der Waals surface area contributed by atoms with E-state index in [0.717, 1.165) is 21.7 Å². The molecule has 0 amide bonds. The number of hydrogen-bond donors (Lipinski definition) is 1. The van der Waals surface area contributed by atoms with E-state index in [0.29, 0.717) is 37.4 Å². The molecule has 0 bridgehead atoms. The molecule has 0 fully saturated rings. The van der Waals surface area contributed by atoms with Gasteiger partial charge in [0.15, 0.2) is 6.61 Å². The molecule has 0 saturated heterocycles. The van der Waals surface area contributed by atoms with Crippen LogP contribution in [0.3, 0.4) is 0 Å². The van der Waals surface area contributed by atoms with Crippen molar-refractivity contribution < 1.29 is 13.5 Å². The number of aryl methyl sites for hydroxylation is 1. The summed E-state index contributed by atoms with van der Waals surface area (Å²) in [5.41, 5.74) is 2.74. The number of alkyl halides is 2. The highest BCUT2D eigenvalue weighted by Crippen LogP contribution is 2.33. The number of aromatic nitrogens is 2. The number of nitrogens with zero attached hydrogens (tertiary/aromatic N) is 5. The van der Waals surface area contributed by atoms with Crippen molar-refractivity contribution in [3.63, 3.8) is 0 Å². The maximum atomic E-state index is 12.3. The standard InChI is InChI=1S/C18H17ClF2N6OS/c1-10-14(29-18(25-10)28-9-15(20)21)8-27-5-2-11-13(7-27)12(6-23)16(19)26-17(11)24-4-3-22/h15H,2,4-5,7-9H2,1H3,(H,24,26). The van der Waals surface area contributed by atoms with Crippen LogP contribution in [0.5, 0.6) is 5.19 Å². The first-order chi connectivity index (χ1) is 13.9. The van der Waals surface area contributed by atoms with E-state index < -0.39 is 13.0 Å². The number of hydrogen-bond acceptors (Lipinski definition) is 8. The van der Waals surface area contributed by atoms with Crippen molar-refractivity contribution >= 4 is 28.8 Å². The van der Waals surface area contributed by atoms with Gasteiger partial charge in [-0.3, -0.25) is 4.90 Å². The number of nitrogens with one attached hydrogen (secondary N) is 1. The molecule has 152 valence electrons. The number of thiazole rings is 1. The van der Waals surface area contributed by atoms with Gasteiger partial charge in [-0.25, -0.2) is 18.7 Å². The van der Waals surface area contributed by atoms with Crippen molar-refractivity contribution in [3.8, 4) is 17.3 Å². The van der Waals surface area contributed by atoms with Gasteiger partial charge in [0, 0.05) is 30.1 Å². The second-order valence-corrected chi connectivity index (χ2v) is 7.76. The average Bonchev–Trinajstić information content (AvgIpc) is 3.03. The Hall–Kier alpha value is -2.53. The molecule has 1 aliphatic rings.